The van der Waals surface area contributed by atoms with E-state index in [1.54, 1.807) is 24.3 Å². The molecule has 2 heterocycles. The molecule has 1 aliphatic rings. The van der Waals surface area contributed by atoms with Crippen LogP contribution in [0.2, 0.25) is 5.02 Å². The molecule has 0 radical (unpaired) electrons. The highest BCUT2D eigenvalue weighted by molar-refractivity contribution is 6.32. The Kier molecular flexibility index (Phi) is 10.8. The Morgan fingerprint density at radius 3 is 2.33 bits per heavy atom. The monoisotopic (exact) mass is 625 g/mol. The van der Waals surface area contributed by atoms with Gasteiger partial charge >= 0.3 is 0 Å². The molecule has 0 saturated carbocycles. The van der Waals surface area contributed by atoms with Crippen molar-refractivity contribution >= 4 is 23.6 Å². The molecule has 5 rings (SSSR count). The number of rotatable bonds is 11. The van der Waals surface area contributed by atoms with Crippen LogP contribution in [0.1, 0.15) is 47.6 Å². The Labute approximate surface area is 270 Å². The topological polar surface area (TPSA) is 75.1 Å². The largest absolute Gasteiger partial charge is 0.506 e. The van der Waals surface area contributed by atoms with E-state index in [1.165, 1.54) is 29.0 Å². The van der Waals surface area contributed by atoms with Crippen LogP contribution in [0.4, 0.5) is 0 Å². The molecule has 1 aliphatic heterocycles. The van der Waals surface area contributed by atoms with E-state index in [9.17, 15) is 9.90 Å². The summed E-state index contributed by atoms with van der Waals surface area (Å²) in [6, 6.07) is 23.9. The number of pyridine rings is 1. The first-order valence-corrected chi connectivity index (χ1v) is 15.7. The summed E-state index contributed by atoms with van der Waals surface area (Å²) in [5, 5.41) is 9.84. The van der Waals surface area contributed by atoms with Gasteiger partial charge in [0.15, 0.2) is 5.75 Å². The minimum Gasteiger partial charge on any atom is -0.506 e. The highest BCUT2D eigenvalue weighted by atomic mass is 35.5. The van der Waals surface area contributed by atoms with Crippen molar-refractivity contribution < 1.29 is 19.4 Å². The number of ether oxygens (including phenoxy) is 2. The van der Waals surface area contributed by atoms with Gasteiger partial charge in [0.1, 0.15) is 11.5 Å². The zero-order valence-electron chi connectivity index (χ0n) is 26.1. The van der Waals surface area contributed by atoms with Crippen molar-refractivity contribution in [1.82, 2.24) is 14.8 Å². The van der Waals surface area contributed by atoms with Gasteiger partial charge in [0, 0.05) is 51.3 Å². The Balaban J connectivity index is 1.05. The number of benzene rings is 3. The number of aromatic hydroxyl groups is 1. The number of carbonyl (C=O) groups excluding carboxylic acids is 1. The predicted octanol–water partition coefficient (Wildman–Crippen LogP) is 7.64. The third kappa shape index (κ3) is 9.10. The van der Waals surface area contributed by atoms with Gasteiger partial charge in [-0.3, -0.25) is 9.69 Å². The Morgan fingerprint density at radius 1 is 0.978 bits per heavy atom. The van der Waals surface area contributed by atoms with Gasteiger partial charge in [-0.2, -0.15) is 0 Å². The number of halogens is 1. The second-order valence-corrected chi connectivity index (χ2v) is 12.1. The zero-order valence-corrected chi connectivity index (χ0v) is 26.8. The third-order valence-electron chi connectivity index (χ3n) is 7.92. The first kappa shape index (κ1) is 32.1. The van der Waals surface area contributed by atoms with Crippen LogP contribution in [0.3, 0.4) is 0 Å². The average molecular weight is 626 g/mol. The van der Waals surface area contributed by atoms with Crippen molar-refractivity contribution in [2.75, 3.05) is 32.8 Å². The van der Waals surface area contributed by atoms with Crippen molar-refractivity contribution in [1.29, 1.82) is 0 Å². The number of carbonyl (C=O) groups is 1. The molecule has 0 bridgehead atoms. The first-order chi connectivity index (χ1) is 21.7. The lowest BCUT2D eigenvalue weighted by Gasteiger charge is -2.34. The summed E-state index contributed by atoms with van der Waals surface area (Å²) in [6.07, 6.45) is 5.56. The maximum atomic E-state index is 12.9. The third-order valence-corrected chi connectivity index (χ3v) is 8.20. The molecule has 4 aromatic rings. The fraction of sp³-hybridized carbons (Fsp3) is 0.297. The Hall–Kier alpha value is -4.33. The maximum Gasteiger partial charge on any atom is 0.246 e. The van der Waals surface area contributed by atoms with Crippen LogP contribution in [0.15, 0.2) is 85.1 Å². The van der Waals surface area contributed by atoms with Crippen molar-refractivity contribution in [3.63, 3.8) is 0 Å². The number of hydrogen-bond donors (Lipinski definition) is 1. The molecule has 1 N–H and O–H groups in total. The lowest BCUT2D eigenvalue weighted by atomic mass is 10.0. The minimum absolute atomic E-state index is 0.0144. The fourth-order valence-corrected chi connectivity index (χ4v) is 5.54. The van der Waals surface area contributed by atoms with Crippen LogP contribution in [-0.4, -0.2) is 58.6 Å². The van der Waals surface area contributed by atoms with Gasteiger partial charge in [0.25, 0.3) is 0 Å². The van der Waals surface area contributed by atoms with Gasteiger partial charge in [-0.05, 0) is 77.1 Å². The lowest BCUT2D eigenvalue weighted by molar-refractivity contribution is -0.127. The number of hydrogen-bond acceptors (Lipinski definition) is 6. The SMILES string of the molecule is Cc1cc(/C=C/C(=O)N2CCN(Cc3ccc(CCOc4ccc(C(C)C)cc4)cc3)CC2)cc(Cl)c1Oc1ccc(O)cn1. The number of piperazine rings is 1. The summed E-state index contributed by atoms with van der Waals surface area (Å²) in [6.45, 7) is 10.8. The van der Waals surface area contributed by atoms with Gasteiger partial charge < -0.3 is 19.5 Å². The molecule has 234 valence electrons. The first-order valence-electron chi connectivity index (χ1n) is 15.4. The molecular weight excluding hydrogens is 586 g/mol. The van der Waals surface area contributed by atoms with E-state index in [-0.39, 0.29) is 11.7 Å². The van der Waals surface area contributed by atoms with E-state index in [1.807, 2.05) is 30.0 Å². The minimum atomic E-state index is -0.0144. The van der Waals surface area contributed by atoms with Gasteiger partial charge in [-0.1, -0.05) is 61.8 Å². The average Bonchev–Trinajstić information content (AvgIpc) is 3.04. The number of amides is 1. The normalized spacial score (nSPS) is 13.8. The van der Waals surface area contributed by atoms with Gasteiger partial charge in [0.05, 0.1) is 17.8 Å². The molecule has 0 aliphatic carbocycles. The van der Waals surface area contributed by atoms with E-state index in [4.69, 9.17) is 21.1 Å². The summed E-state index contributed by atoms with van der Waals surface area (Å²) in [5.41, 5.74) is 5.47. The number of aromatic nitrogens is 1. The molecule has 0 unspecified atom stereocenters. The van der Waals surface area contributed by atoms with E-state index in [2.05, 4.69) is 60.1 Å². The molecule has 7 nitrogen and oxygen atoms in total. The summed E-state index contributed by atoms with van der Waals surface area (Å²) < 4.78 is 11.7. The van der Waals surface area contributed by atoms with E-state index >= 15 is 0 Å². The van der Waals surface area contributed by atoms with Crippen LogP contribution in [0.5, 0.6) is 23.1 Å². The molecule has 45 heavy (non-hydrogen) atoms. The zero-order chi connectivity index (χ0) is 31.8. The van der Waals surface area contributed by atoms with E-state index in [0.29, 0.717) is 42.3 Å². The van der Waals surface area contributed by atoms with E-state index < -0.39 is 0 Å². The molecule has 8 heteroatoms. The summed E-state index contributed by atoms with van der Waals surface area (Å²) in [7, 11) is 0. The van der Waals surface area contributed by atoms with Crippen molar-refractivity contribution in [3.8, 4) is 23.1 Å². The summed E-state index contributed by atoms with van der Waals surface area (Å²) in [5.74, 6) is 2.29. The van der Waals surface area contributed by atoms with Crippen LogP contribution in [0, 0.1) is 6.92 Å². The molecule has 1 fully saturated rings. The van der Waals surface area contributed by atoms with Crippen molar-refractivity contribution in [2.45, 2.75) is 39.7 Å². The van der Waals surface area contributed by atoms with Crippen LogP contribution in [0.25, 0.3) is 6.08 Å². The lowest BCUT2D eigenvalue weighted by Crippen LogP contribution is -2.47. The maximum absolute atomic E-state index is 12.9. The molecule has 3 aromatic carbocycles. The van der Waals surface area contributed by atoms with Crippen molar-refractivity contribution in [3.05, 3.63) is 118 Å². The quantitative estimate of drug-likeness (QED) is 0.173. The second-order valence-electron chi connectivity index (χ2n) is 11.7. The van der Waals surface area contributed by atoms with Crippen LogP contribution >= 0.6 is 11.6 Å². The number of nitrogens with zero attached hydrogens (tertiary/aromatic N) is 3. The highest BCUT2D eigenvalue weighted by Gasteiger charge is 2.20. The highest BCUT2D eigenvalue weighted by Crippen LogP contribution is 2.34. The second kappa shape index (κ2) is 15.1. The molecule has 1 saturated heterocycles. The Bertz CT molecular complexity index is 1570. The van der Waals surface area contributed by atoms with Crippen molar-refractivity contribution in [2.24, 2.45) is 0 Å². The van der Waals surface area contributed by atoms with Gasteiger partial charge in [-0.15, -0.1) is 0 Å². The van der Waals surface area contributed by atoms with Crippen LogP contribution in [-0.2, 0) is 17.8 Å². The fourth-order valence-electron chi connectivity index (χ4n) is 5.22. The molecule has 0 spiro atoms. The van der Waals surface area contributed by atoms with Crippen LogP contribution < -0.4 is 9.47 Å². The molecule has 1 amide bonds. The predicted molar refractivity (Wildman–Crippen MR) is 179 cm³/mol. The summed E-state index contributed by atoms with van der Waals surface area (Å²) >= 11 is 6.49. The molecule has 1 aromatic heterocycles. The molecule has 0 atom stereocenters. The van der Waals surface area contributed by atoms with Gasteiger partial charge in [0.2, 0.25) is 11.8 Å². The smallest absolute Gasteiger partial charge is 0.246 e. The van der Waals surface area contributed by atoms with E-state index in [0.717, 1.165) is 42.9 Å². The van der Waals surface area contributed by atoms with Gasteiger partial charge in [-0.25, -0.2) is 4.98 Å². The summed E-state index contributed by atoms with van der Waals surface area (Å²) in [4.78, 5) is 21.2. The number of aryl methyl sites for hydroxylation is 1. The Morgan fingerprint density at radius 2 is 1.69 bits per heavy atom. The molecular formula is C37H40ClN3O4. The standard InChI is InChI=1S/C37H40ClN3O4/c1-26(2)31-9-12-33(13-10-31)44-21-16-28-4-6-29(7-5-28)25-40-17-19-41(20-18-40)36(43)15-8-30-22-27(3)37(34(38)23-30)45-35-14-11-32(42)24-39-35/h4-15,22-24,26,42H,16-21,25H2,1-3H3/b15-8+.